The van der Waals surface area contributed by atoms with Crippen LogP contribution in [0.1, 0.15) is 26.2 Å². The third kappa shape index (κ3) is 2.37. The minimum Gasteiger partial charge on any atom is -0.465 e. The Labute approximate surface area is 72.1 Å². The van der Waals surface area contributed by atoms with Crippen LogP contribution in [0.5, 0.6) is 0 Å². The number of hydrogen-bond donors (Lipinski definition) is 3. The number of amides is 1. The van der Waals surface area contributed by atoms with Crippen molar-refractivity contribution in [3.63, 3.8) is 0 Å². The van der Waals surface area contributed by atoms with Crippen LogP contribution in [0.15, 0.2) is 0 Å². The minimum absolute atomic E-state index is 0.00565. The van der Waals surface area contributed by atoms with E-state index in [0.717, 1.165) is 19.3 Å². The van der Waals surface area contributed by atoms with Crippen LogP contribution in [0.2, 0.25) is 0 Å². The van der Waals surface area contributed by atoms with E-state index in [1.807, 2.05) is 6.92 Å². The number of carbonyl (C=O) groups is 1. The number of rotatable bonds is 4. The van der Waals surface area contributed by atoms with Gasteiger partial charge in [0.15, 0.2) is 0 Å². The predicted octanol–water partition coefficient (Wildman–Crippen LogP) is 0.770. The van der Waals surface area contributed by atoms with Gasteiger partial charge in [-0.25, -0.2) is 4.79 Å². The van der Waals surface area contributed by atoms with Gasteiger partial charge in [0.05, 0.1) is 0 Å². The average molecular weight is 172 g/mol. The van der Waals surface area contributed by atoms with Gasteiger partial charge in [-0.3, -0.25) is 0 Å². The highest BCUT2D eigenvalue weighted by Crippen LogP contribution is 2.33. The number of nitrogens with one attached hydrogen (secondary N) is 1. The Hall–Kier alpha value is -0.770. The molecule has 2 atom stereocenters. The minimum atomic E-state index is -0.974. The van der Waals surface area contributed by atoms with Crippen molar-refractivity contribution < 1.29 is 9.90 Å². The van der Waals surface area contributed by atoms with Crippen LogP contribution >= 0.6 is 0 Å². The molecule has 12 heavy (non-hydrogen) atoms. The fourth-order valence-electron chi connectivity index (χ4n) is 1.44. The summed E-state index contributed by atoms with van der Waals surface area (Å²) in [6.07, 6.45) is 2.10. The fraction of sp³-hybridized carbons (Fsp3) is 0.875. The van der Waals surface area contributed by atoms with Crippen molar-refractivity contribution in [1.29, 1.82) is 0 Å². The van der Waals surface area contributed by atoms with Gasteiger partial charge in [0.2, 0.25) is 0 Å². The summed E-state index contributed by atoms with van der Waals surface area (Å²) in [5.74, 6) is 0.543. The first-order chi connectivity index (χ1) is 5.65. The fourth-order valence-corrected chi connectivity index (χ4v) is 1.44. The van der Waals surface area contributed by atoms with E-state index in [9.17, 15) is 4.79 Å². The molecule has 4 N–H and O–H groups in total. The molecule has 0 radical (unpaired) electrons. The van der Waals surface area contributed by atoms with E-state index in [-0.39, 0.29) is 12.1 Å². The maximum Gasteiger partial charge on any atom is 0.404 e. The Kier molecular flexibility index (Phi) is 2.92. The highest BCUT2D eigenvalue weighted by Gasteiger charge is 2.33. The lowest BCUT2D eigenvalue weighted by molar-refractivity contribution is 0.186. The van der Waals surface area contributed by atoms with Crippen LogP contribution in [0.25, 0.3) is 0 Å². The van der Waals surface area contributed by atoms with Gasteiger partial charge in [0.25, 0.3) is 0 Å². The highest BCUT2D eigenvalue weighted by atomic mass is 16.4. The second-order valence-electron chi connectivity index (χ2n) is 3.38. The molecule has 4 heteroatoms. The lowest BCUT2D eigenvalue weighted by Gasteiger charge is -2.21. The van der Waals surface area contributed by atoms with Crippen LogP contribution in [0.3, 0.4) is 0 Å². The SMILES string of the molecule is CC[C@H](NC(=O)O)[C@@H](N)C1CC1. The third-order valence-corrected chi connectivity index (χ3v) is 2.38. The van der Waals surface area contributed by atoms with E-state index in [0.29, 0.717) is 5.92 Å². The molecule has 0 saturated heterocycles. The van der Waals surface area contributed by atoms with E-state index < -0.39 is 6.09 Å². The summed E-state index contributed by atoms with van der Waals surface area (Å²) in [4.78, 5) is 10.3. The molecular formula is C8H16N2O2. The molecule has 1 amide bonds. The number of carboxylic acid groups (broad SMARTS) is 1. The first-order valence-electron chi connectivity index (χ1n) is 4.40. The summed E-state index contributed by atoms with van der Waals surface area (Å²) in [6, 6.07) is -0.0684. The van der Waals surface area contributed by atoms with Crippen molar-refractivity contribution in [2.45, 2.75) is 38.3 Å². The maximum atomic E-state index is 10.3. The van der Waals surface area contributed by atoms with E-state index >= 15 is 0 Å². The van der Waals surface area contributed by atoms with E-state index in [1.54, 1.807) is 0 Å². The Morgan fingerprint density at radius 3 is 2.67 bits per heavy atom. The van der Waals surface area contributed by atoms with Gasteiger partial charge < -0.3 is 16.2 Å². The molecule has 1 aliphatic rings. The van der Waals surface area contributed by atoms with E-state index in [4.69, 9.17) is 10.8 Å². The van der Waals surface area contributed by atoms with Gasteiger partial charge in [-0.1, -0.05) is 6.92 Å². The van der Waals surface area contributed by atoms with Crippen LogP contribution in [0, 0.1) is 5.92 Å². The number of nitrogens with two attached hydrogens (primary N) is 1. The molecule has 1 aliphatic carbocycles. The molecule has 0 unspecified atom stereocenters. The summed E-state index contributed by atoms with van der Waals surface area (Å²) < 4.78 is 0. The van der Waals surface area contributed by atoms with Crippen molar-refractivity contribution in [2.24, 2.45) is 11.7 Å². The van der Waals surface area contributed by atoms with Gasteiger partial charge in [-0.2, -0.15) is 0 Å². The van der Waals surface area contributed by atoms with Gasteiger partial charge in [-0.15, -0.1) is 0 Å². The lowest BCUT2D eigenvalue weighted by atomic mass is 10.0. The van der Waals surface area contributed by atoms with Crippen molar-refractivity contribution >= 4 is 6.09 Å². The number of hydrogen-bond acceptors (Lipinski definition) is 2. The first kappa shape index (κ1) is 9.32. The molecule has 70 valence electrons. The van der Waals surface area contributed by atoms with Crippen molar-refractivity contribution in [1.82, 2.24) is 5.32 Å². The van der Waals surface area contributed by atoms with Crippen molar-refractivity contribution in [2.75, 3.05) is 0 Å². The Morgan fingerprint density at radius 1 is 1.75 bits per heavy atom. The molecule has 0 aromatic heterocycles. The first-order valence-corrected chi connectivity index (χ1v) is 4.40. The molecule has 1 fully saturated rings. The Balaban J connectivity index is 2.36. The summed E-state index contributed by atoms with van der Waals surface area (Å²) in [6.45, 7) is 1.95. The van der Waals surface area contributed by atoms with Gasteiger partial charge in [0.1, 0.15) is 0 Å². The van der Waals surface area contributed by atoms with Gasteiger partial charge in [-0.05, 0) is 25.2 Å². The molecule has 0 bridgehead atoms. The lowest BCUT2D eigenvalue weighted by Crippen LogP contribution is -2.47. The molecule has 1 rings (SSSR count). The zero-order chi connectivity index (χ0) is 9.14. The summed E-state index contributed by atoms with van der Waals surface area (Å²) in [5.41, 5.74) is 5.86. The standard InChI is InChI=1S/C8H16N2O2/c1-2-6(10-8(11)12)7(9)5-3-4-5/h5-7,10H,2-4,9H2,1H3,(H,11,12)/t6-,7-/m0/s1. The van der Waals surface area contributed by atoms with Gasteiger partial charge in [0, 0.05) is 12.1 Å². The summed E-state index contributed by atoms with van der Waals surface area (Å²) >= 11 is 0. The largest absolute Gasteiger partial charge is 0.465 e. The smallest absolute Gasteiger partial charge is 0.404 e. The molecule has 1 saturated carbocycles. The molecule has 0 aromatic carbocycles. The van der Waals surface area contributed by atoms with E-state index in [2.05, 4.69) is 5.32 Å². The summed E-state index contributed by atoms with van der Waals surface area (Å²) in [5, 5.41) is 10.9. The highest BCUT2D eigenvalue weighted by molar-refractivity contribution is 5.64. The topological polar surface area (TPSA) is 75.3 Å². The van der Waals surface area contributed by atoms with Crippen LogP contribution in [-0.4, -0.2) is 23.3 Å². The second kappa shape index (κ2) is 3.76. The molecule has 4 nitrogen and oxygen atoms in total. The van der Waals surface area contributed by atoms with Crippen LogP contribution < -0.4 is 11.1 Å². The molecule has 0 spiro atoms. The Bertz CT molecular complexity index is 168. The third-order valence-electron chi connectivity index (χ3n) is 2.38. The second-order valence-corrected chi connectivity index (χ2v) is 3.38. The van der Waals surface area contributed by atoms with Crippen molar-refractivity contribution in [3.05, 3.63) is 0 Å². The van der Waals surface area contributed by atoms with Crippen LogP contribution in [-0.2, 0) is 0 Å². The zero-order valence-corrected chi connectivity index (χ0v) is 7.29. The Morgan fingerprint density at radius 2 is 2.33 bits per heavy atom. The zero-order valence-electron chi connectivity index (χ0n) is 7.29. The van der Waals surface area contributed by atoms with Gasteiger partial charge >= 0.3 is 6.09 Å². The summed E-state index contributed by atoms with van der Waals surface area (Å²) in [7, 11) is 0. The maximum absolute atomic E-state index is 10.3. The normalized spacial score (nSPS) is 21.5. The quantitative estimate of drug-likeness (QED) is 0.586. The van der Waals surface area contributed by atoms with Crippen LogP contribution in [0.4, 0.5) is 4.79 Å². The molecule has 0 aromatic rings. The van der Waals surface area contributed by atoms with Crippen molar-refractivity contribution in [3.8, 4) is 0 Å². The predicted molar refractivity (Wildman–Crippen MR) is 45.9 cm³/mol. The molecular weight excluding hydrogens is 156 g/mol. The average Bonchev–Trinajstić information content (AvgIpc) is 2.80. The van der Waals surface area contributed by atoms with E-state index in [1.165, 1.54) is 0 Å². The molecule has 0 heterocycles. The molecule has 0 aliphatic heterocycles. The monoisotopic (exact) mass is 172 g/mol.